The van der Waals surface area contributed by atoms with Crippen LogP contribution >= 0.6 is 0 Å². The summed E-state index contributed by atoms with van der Waals surface area (Å²) in [6, 6.07) is 21.5. The third-order valence-corrected chi connectivity index (χ3v) is 5.09. The summed E-state index contributed by atoms with van der Waals surface area (Å²) < 4.78 is 0. The van der Waals surface area contributed by atoms with Crippen LogP contribution in [0.3, 0.4) is 0 Å². The quantitative estimate of drug-likeness (QED) is 0.384. The van der Waals surface area contributed by atoms with Crippen LogP contribution in [-0.4, -0.2) is 36.3 Å². The molecule has 0 radical (unpaired) electrons. The Morgan fingerprint density at radius 3 is 2.27 bits per heavy atom. The van der Waals surface area contributed by atoms with Crippen LogP contribution in [0.2, 0.25) is 0 Å². The number of nitriles is 1. The van der Waals surface area contributed by atoms with E-state index in [1.54, 1.807) is 0 Å². The van der Waals surface area contributed by atoms with E-state index in [4.69, 9.17) is 0 Å². The Hall–Kier alpha value is -3.59. The third kappa shape index (κ3) is 5.71. The van der Waals surface area contributed by atoms with E-state index in [2.05, 4.69) is 10.6 Å². The zero-order chi connectivity index (χ0) is 21.2. The molecule has 1 heterocycles. The molecule has 154 valence electrons. The Kier molecular flexibility index (Phi) is 7.62. The van der Waals surface area contributed by atoms with Gasteiger partial charge in [0.25, 0.3) is 5.91 Å². The number of nitrogens with zero attached hydrogens (tertiary/aromatic N) is 2. The van der Waals surface area contributed by atoms with Crippen molar-refractivity contribution in [2.24, 2.45) is 0 Å². The van der Waals surface area contributed by atoms with Gasteiger partial charge in [0.1, 0.15) is 11.6 Å². The van der Waals surface area contributed by atoms with E-state index < -0.39 is 5.91 Å². The molecule has 1 fully saturated rings. The number of likely N-dealkylation sites (tertiary alicyclic amines) is 1. The summed E-state index contributed by atoms with van der Waals surface area (Å²) in [5.74, 6) is -0.242. The van der Waals surface area contributed by atoms with Crippen LogP contribution in [-0.2, 0) is 9.59 Å². The largest absolute Gasteiger partial charge is 0.379 e. The summed E-state index contributed by atoms with van der Waals surface area (Å²) in [5.41, 5.74) is 2.09. The van der Waals surface area contributed by atoms with E-state index in [1.807, 2.05) is 71.6 Å². The average molecular weight is 402 g/mol. The first-order chi connectivity index (χ1) is 14.7. The maximum Gasteiger partial charge on any atom is 0.263 e. The predicted octanol–water partition coefficient (Wildman–Crippen LogP) is 2.90. The molecule has 1 aliphatic rings. The minimum atomic E-state index is -0.419. The predicted molar refractivity (Wildman–Crippen MR) is 115 cm³/mol. The molecular formula is C24H26N4O2. The summed E-state index contributed by atoms with van der Waals surface area (Å²) >= 11 is 0. The summed E-state index contributed by atoms with van der Waals surface area (Å²) in [6.45, 7) is 1.84. The highest BCUT2D eigenvalue weighted by Crippen LogP contribution is 2.21. The normalized spacial score (nSPS) is 13.9. The minimum absolute atomic E-state index is 0.0177. The van der Waals surface area contributed by atoms with Gasteiger partial charge in [0.05, 0.1) is 6.04 Å². The smallest absolute Gasteiger partial charge is 0.263 e. The lowest BCUT2D eigenvalue weighted by atomic mass is 9.99. The van der Waals surface area contributed by atoms with Crippen LogP contribution in [0.15, 0.2) is 72.4 Å². The molecule has 30 heavy (non-hydrogen) atoms. The van der Waals surface area contributed by atoms with Crippen LogP contribution < -0.4 is 10.6 Å². The van der Waals surface area contributed by atoms with Crippen molar-refractivity contribution in [1.82, 2.24) is 15.5 Å². The van der Waals surface area contributed by atoms with Gasteiger partial charge in [-0.05, 0) is 24.0 Å². The van der Waals surface area contributed by atoms with Crippen LogP contribution in [0.4, 0.5) is 0 Å². The van der Waals surface area contributed by atoms with Crippen LogP contribution in [0.25, 0.3) is 0 Å². The van der Waals surface area contributed by atoms with Gasteiger partial charge in [-0.2, -0.15) is 5.26 Å². The van der Waals surface area contributed by atoms with Gasteiger partial charge in [0, 0.05) is 32.3 Å². The number of benzene rings is 2. The van der Waals surface area contributed by atoms with E-state index in [0.29, 0.717) is 25.9 Å². The first-order valence-corrected chi connectivity index (χ1v) is 10.2. The molecule has 3 rings (SSSR count). The fourth-order valence-corrected chi connectivity index (χ4v) is 3.50. The molecule has 2 aromatic carbocycles. The summed E-state index contributed by atoms with van der Waals surface area (Å²) in [4.78, 5) is 25.8. The van der Waals surface area contributed by atoms with Gasteiger partial charge < -0.3 is 15.5 Å². The third-order valence-electron chi connectivity index (χ3n) is 5.09. The first kappa shape index (κ1) is 21.1. The molecule has 2 aromatic rings. The molecule has 2 N–H and O–H groups in total. The standard InChI is InChI=1S/C24H26N4O2/c25-17-21(24(30)26-14-8-16-28-15-7-13-22(28)29)18-27-23(19-9-3-1-4-10-19)20-11-5-2-6-12-20/h1-6,9-12,18,23,27H,7-8,13-16H2,(H,26,30)/b21-18-. The van der Waals surface area contributed by atoms with Crippen molar-refractivity contribution >= 4 is 11.8 Å². The molecule has 0 aliphatic carbocycles. The van der Waals surface area contributed by atoms with E-state index >= 15 is 0 Å². The fourth-order valence-electron chi connectivity index (χ4n) is 3.50. The summed E-state index contributed by atoms with van der Waals surface area (Å²) in [5, 5.41) is 15.4. The van der Waals surface area contributed by atoms with Gasteiger partial charge in [-0.25, -0.2) is 0 Å². The number of nitrogens with one attached hydrogen (secondary N) is 2. The Balaban J connectivity index is 1.60. The molecule has 6 nitrogen and oxygen atoms in total. The molecule has 2 amide bonds. The fraction of sp³-hybridized carbons (Fsp3) is 0.292. The topological polar surface area (TPSA) is 85.2 Å². The molecule has 0 bridgehead atoms. The maximum absolute atomic E-state index is 12.4. The van der Waals surface area contributed by atoms with Crippen molar-refractivity contribution in [3.05, 3.63) is 83.6 Å². The number of carbonyl (C=O) groups excluding carboxylic acids is 2. The highest BCUT2D eigenvalue weighted by Gasteiger charge is 2.19. The first-order valence-electron chi connectivity index (χ1n) is 10.2. The highest BCUT2D eigenvalue weighted by atomic mass is 16.2. The zero-order valence-electron chi connectivity index (χ0n) is 16.9. The van der Waals surface area contributed by atoms with E-state index in [-0.39, 0.29) is 17.5 Å². The van der Waals surface area contributed by atoms with Crippen molar-refractivity contribution in [2.75, 3.05) is 19.6 Å². The second-order valence-electron chi connectivity index (χ2n) is 7.18. The molecule has 1 saturated heterocycles. The molecular weight excluding hydrogens is 376 g/mol. The number of hydrogen-bond donors (Lipinski definition) is 2. The van der Waals surface area contributed by atoms with Gasteiger partial charge in [0.15, 0.2) is 0 Å². The molecule has 0 atom stereocenters. The Morgan fingerprint density at radius 2 is 1.73 bits per heavy atom. The van der Waals surface area contributed by atoms with Gasteiger partial charge in [0.2, 0.25) is 5.91 Å². The van der Waals surface area contributed by atoms with Gasteiger partial charge in [-0.3, -0.25) is 9.59 Å². The average Bonchev–Trinajstić information content (AvgIpc) is 3.20. The molecule has 6 heteroatoms. The zero-order valence-corrected chi connectivity index (χ0v) is 16.9. The monoisotopic (exact) mass is 402 g/mol. The van der Waals surface area contributed by atoms with E-state index in [0.717, 1.165) is 24.1 Å². The maximum atomic E-state index is 12.4. The Morgan fingerprint density at radius 1 is 1.10 bits per heavy atom. The van der Waals surface area contributed by atoms with Crippen molar-refractivity contribution in [1.29, 1.82) is 5.26 Å². The SMILES string of the molecule is N#C/C(=C/NC(c1ccccc1)c1ccccc1)C(=O)NCCCN1CCCC1=O. The van der Waals surface area contributed by atoms with E-state index in [1.165, 1.54) is 6.20 Å². The Bertz CT molecular complexity index is 880. The van der Waals surface area contributed by atoms with Crippen LogP contribution in [0, 0.1) is 11.3 Å². The lowest BCUT2D eigenvalue weighted by Crippen LogP contribution is -2.31. The number of rotatable bonds is 9. The molecule has 0 aromatic heterocycles. The van der Waals surface area contributed by atoms with E-state index in [9.17, 15) is 14.9 Å². The number of hydrogen-bond acceptors (Lipinski definition) is 4. The second-order valence-corrected chi connectivity index (χ2v) is 7.18. The van der Waals surface area contributed by atoms with Crippen molar-refractivity contribution in [3.8, 4) is 6.07 Å². The lowest BCUT2D eigenvalue weighted by Gasteiger charge is -2.19. The van der Waals surface area contributed by atoms with Crippen LogP contribution in [0.5, 0.6) is 0 Å². The molecule has 0 saturated carbocycles. The lowest BCUT2D eigenvalue weighted by molar-refractivity contribution is -0.127. The molecule has 0 unspecified atom stereocenters. The Labute approximate surface area is 177 Å². The highest BCUT2D eigenvalue weighted by molar-refractivity contribution is 5.97. The van der Waals surface area contributed by atoms with Gasteiger partial charge >= 0.3 is 0 Å². The number of amides is 2. The van der Waals surface area contributed by atoms with Crippen LogP contribution in [0.1, 0.15) is 36.4 Å². The van der Waals surface area contributed by atoms with Crippen molar-refractivity contribution in [3.63, 3.8) is 0 Å². The second kappa shape index (κ2) is 10.8. The summed E-state index contributed by atoms with van der Waals surface area (Å²) in [6.07, 6.45) is 3.66. The molecule has 0 spiro atoms. The molecule has 1 aliphatic heterocycles. The van der Waals surface area contributed by atoms with Gasteiger partial charge in [-0.15, -0.1) is 0 Å². The minimum Gasteiger partial charge on any atom is -0.379 e. The van der Waals surface area contributed by atoms with Crippen molar-refractivity contribution in [2.45, 2.75) is 25.3 Å². The van der Waals surface area contributed by atoms with Gasteiger partial charge in [-0.1, -0.05) is 60.7 Å². The van der Waals surface area contributed by atoms with Crippen molar-refractivity contribution < 1.29 is 9.59 Å². The summed E-state index contributed by atoms with van der Waals surface area (Å²) in [7, 11) is 0. The number of carbonyl (C=O) groups is 2.